The van der Waals surface area contributed by atoms with Gasteiger partial charge in [0.25, 0.3) is 0 Å². The lowest BCUT2D eigenvalue weighted by molar-refractivity contribution is 0.244. The van der Waals surface area contributed by atoms with Crippen molar-refractivity contribution in [3.63, 3.8) is 0 Å². The summed E-state index contributed by atoms with van der Waals surface area (Å²) < 4.78 is 5.73. The van der Waals surface area contributed by atoms with Gasteiger partial charge in [0, 0.05) is 37.3 Å². The minimum absolute atomic E-state index is 0.701. The van der Waals surface area contributed by atoms with Crippen molar-refractivity contribution in [1.29, 1.82) is 0 Å². The van der Waals surface area contributed by atoms with E-state index in [4.69, 9.17) is 4.74 Å². The van der Waals surface area contributed by atoms with Crippen LogP contribution in [-0.2, 0) is 6.54 Å². The van der Waals surface area contributed by atoms with Gasteiger partial charge >= 0.3 is 0 Å². The van der Waals surface area contributed by atoms with E-state index in [-0.39, 0.29) is 0 Å². The Hall–Kier alpha value is -1.06. The molecule has 19 heavy (non-hydrogen) atoms. The fraction of sp³-hybridized carbons (Fsp3) is 0.625. The standard InChI is InChI=1S/C16H24N2O/c1-2-19-16-6-4-3-5-13(16)11-18-10-9-14-7-8-15(12-18)17-14/h3-6,14-15,17H,2,7-12H2,1H3. The van der Waals surface area contributed by atoms with Crippen molar-refractivity contribution in [3.05, 3.63) is 29.8 Å². The lowest BCUT2D eigenvalue weighted by Gasteiger charge is -2.24. The van der Waals surface area contributed by atoms with Gasteiger partial charge in [0.15, 0.2) is 0 Å². The minimum Gasteiger partial charge on any atom is -0.494 e. The molecule has 1 aromatic rings. The van der Waals surface area contributed by atoms with Gasteiger partial charge in [0.05, 0.1) is 6.61 Å². The average molecular weight is 260 g/mol. The van der Waals surface area contributed by atoms with E-state index in [1.807, 2.05) is 6.92 Å². The second-order valence-corrected chi connectivity index (χ2v) is 5.70. The molecule has 104 valence electrons. The first-order chi connectivity index (χ1) is 9.35. The molecular weight excluding hydrogens is 236 g/mol. The van der Waals surface area contributed by atoms with Crippen LogP contribution < -0.4 is 10.1 Å². The Balaban J connectivity index is 1.67. The molecule has 0 spiro atoms. The number of hydrogen-bond acceptors (Lipinski definition) is 3. The van der Waals surface area contributed by atoms with Crippen LogP contribution in [0.25, 0.3) is 0 Å². The number of hydrogen-bond donors (Lipinski definition) is 1. The van der Waals surface area contributed by atoms with E-state index >= 15 is 0 Å². The third kappa shape index (κ3) is 3.10. The molecule has 3 nitrogen and oxygen atoms in total. The van der Waals surface area contributed by atoms with Gasteiger partial charge in [0.1, 0.15) is 5.75 Å². The van der Waals surface area contributed by atoms with E-state index in [0.29, 0.717) is 6.04 Å². The Bertz CT molecular complexity index is 421. The lowest BCUT2D eigenvalue weighted by Crippen LogP contribution is -2.35. The smallest absolute Gasteiger partial charge is 0.123 e. The first-order valence-corrected chi connectivity index (χ1v) is 7.54. The molecule has 2 unspecified atom stereocenters. The number of fused-ring (bicyclic) bond motifs is 2. The topological polar surface area (TPSA) is 24.5 Å². The van der Waals surface area contributed by atoms with Crippen molar-refractivity contribution in [2.45, 2.75) is 44.8 Å². The van der Waals surface area contributed by atoms with Gasteiger partial charge in [-0.15, -0.1) is 0 Å². The number of rotatable bonds is 4. The summed E-state index contributed by atoms with van der Waals surface area (Å²) in [7, 11) is 0. The van der Waals surface area contributed by atoms with Crippen LogP contribution >= 0.6 is 0 Å². The summed E-state index contributed by atoms with van der Waals surface area (Å²) in [4.78, 5) is 2.58. The summed E-state index contributed by atoms with van der Waals surface area (Å²) >= 11 is 0. The predicted octanol–water partition coefficient (Wildman–Crippen LogP) is 2.41. The molecule has 2 bridgehead atoms. The zero-order valence-corrected chi connectivity index (χ0v) is 11.8. The Morgan fingerprint density at radius 2 is 2.05 bits per heavy atom. The fourth-order valence-electron chi connectivity index (χ4n) is 3.33. The largest absolute Gasteiger partial charge is 0.494 e. The number of benzene rings is 1. The molecule has 2 saturated heterocycles. The number of nitrogens with zero attached hydrogens (tertiary/aromatic N) is 1. The van der Waals surface area contributed by atoms with Gasteiger partial charge in [-0.2, -0.15) is 0 Å². The summed E-state index contributed by atoms with van der Waals surface area (Å²) in [6, 6.07) is 9.91. The molecule has 2 aliphatic rings. The third-order valence-electron chi connectivity index (χ3n) is 4.27. The summed E-state index contributed by atoms with van der Waals surface area (Å²) in [6.45, 7) is 6.18. The quantitative estimate of drug-likeness (QED) is 0.900. The normalized spacial score (nSPS) is 27.2. The van der Waals surface area contributed by atoms with Crippen LogP contribution in [0.5, 0.6) is 5.75 Å². The molecule has 0 saturated carbocycles. The van der Waals surface area contributed by atoms with Gasteiger partial charge in [-0.1, -0.05) is 18.2 Å². The number of ether oxygens (including phenoxy) is 1. The van der Waals surface area contributed by atoms with Crippen molar-refractivity contribution in [3.8, 4) is 5.75 Å². The van der Waals surface area contributed by atoms with E-state index in [2.05, 4.69) is 34.5 Å². The Labute approximate surface area is 115 Å². The molecule has 2 heterocycles. The van der Waals surface area contributed by atoms with Crippen molar-refractivity contribution in [2.75, 3.05) is 19.7 Å². The van der Waals surface area contributed by atoms with Crippen molar-refractivity contribution >= 4 is 0 Å². The van der Waals surface area contributed by atoms with Crippen molar-refractivity contribution < 1.29 is 4.74 Å². The second kappa shape index (κ2) is 5.93. The SMILES string of the molecule is CCOc1ccccc1CN1CCC2CCC(C1)N2. The van der Waals surface area contributed by atoms with Crippen LogP contribution in [0, 0.1) is 0 Å². The van der Waals surface area contributed by atoms with Crippen LogP contribution in [0.4, 0.5) is 0 Å². The lowest BCUT2D eigenvalue weighted by atomic mass is 10.1. The zero-order valence-electron chi connectivity index (χ0n) is 11.8. The highest BCUT2D eigenvalue weighted by Gasteiger charge is 2.29. The van der Waals surface area contributed by atoms with Crippen LogP contribution in [-0.4, -0.2) is 36.7 Å². The van der Waals surface area contributed by atoms with Crippen LogP contribution in [0.15, 0.2) is 24.3 Å². The molecule has 3 heteroatoms. The van der Waals surface area contributed by atoms with Gasteiger partial charge in [0.2, 0.25) is 0 Å². The fourth-order valence-corrected chi connectivity index (χ4v) is 3.33. The number of para-hydroxylation sites is 1. The molecule has 3 rings (SSSR count). The van der Waals surface area contributed by atoms with E-state index < -0.39 is 0 Å². The van der Waals surface area contributed by atoms with Crippen LogP contribution in [0.3, 0.4) is 0 Å². The summed E-state index contributed by atoms with van der Waals surface area (Å²) in [5.74, 6) is 1.05. The van der Waals surface area contributed by atoms with Gasteiger partial charge in [-0.25, -0.2) is 0 Å². The summed E-state index contributed by atoms with van der Waals surface area (Å²) in [5.41, 5.74) is 1.32. The molecule has 0 aromatic heterocycles. The molecular formula is C16H24N2O. The van der Waals surface area contributed by atoms with E-state index in [1.165, 1.54) is 37.9 Å². The third-order valence-corrected chi connectivity index (χ3v) is 4.27. The Kier molecular flexibility index (Phi) is 4.04. The van der Waals surface area contributed by atoms with Crippen LogP contribution in [0.1, 0.15) is 31.7 Å². The molecule has 2 aliphatic heterocycles. The van der Waals surface area contributed by atoms with E-state index in [9.17, 15) is 0 Å². The van der Waals surface area contributed by atoms with E-state index in [0.717, 1.165) is 24.9 Å². The number of nitrogens with one attached hydrogen (secondary N) is 1. The average Bonchev–Trinajstić information content (AvgIpc) is 2.75. The molecule has 1 N–H and O–H groups in total. The monoisotopic (exact) mass is 260 g/mol. The highest BCUT2D eigenvalue weighted by Crippen LogP contribution is 2.24. The van der Waals surface area contributed by atoms with Crippen molar-refractivity contribution in [1.82, 2.24) is 10.2 Å². The maximum atomic E-state index is 5.73. The maximum absolute atomic E-state index is 5.73. The van der Waals surface area contributed by atoms with Crippen LogP contribution in [0.2, 0.25) is 0 Å². The highest BCUT2D eigenvalue weighted by atomic mass is 16.5. The molecule has 2 atom stereocenters. The molecule has 0 aliphatic carbocycles. The Morgan fingerprint density at radius 1 is 1.21 bits per heavy atom. The maximum Gasteiger partial charge on any atom is 0.123 e. The molecule has 0 radical (unpaired) electrons. The Morgan fingerprint density at radius 3 is 2.95 bits per heavy atom. The van der Waals surface area contributed by atoms with Gasteiger partial charge in [-0.3, -0.25) is 4.90 Å². The molecule has 1 aromatic carbocycles. The predicted molar refractivity (Wildman–Crippen MR) is 77.5 cm³/mol. The van der Waals surface area contributed by atoms with E-state index in [1.54, 1.807) is 0 Å². The van der Waals surface area contributed by atoms with Crippen molar-refractivity contribution in [2.24, 2.45) is 0 Å². The number of likely N-dealkylation sites (tertiary alicyclic amines) is 1. The summed E-state index contributed by atoms with van der Waals surface area (Å²) in [5, 5.41) is 3.74. The highest BCUT2D eigenvalue weighted by molar-refractivity contribution is 5.33. The second-order valence-electron chi connectivity index (χ2n) is 5.70. The first kappa shape index (κ1) is 12.9. The minimum atomic E-state index is 0.701. The molecule has 2 fully saturated rings. The van der Waals surface area contributed by atoms with Gasteiger partial charge in [-0.05, 0) is 32.3 Å². The first-order valence-electron chi connectivity index (χ1n) is 7.54. The summed E-state index contributed by atoms with van der Waals surface area (Å²) in [6.07, 6.45) is 4.00. The zero-order chi connectivity index (χ0) is 13.1. The van der Waals surface area contributed by atoms with Gasteiger partial charge < -0.3 is 10.1 Å². The molecule has 0 amide bonds.